The molecule has 2 aromatic rings. The van der Waals surface area contributed by atoms with E-state index in [0.29, 0.717) is 10.6 Å². The highest BCUT2D eigenvalue weighted by molar-refractivity contribution is 7.92. The number of aryl methyl sites for hydroxylation is 1. The van der Waals surface area contributed by atoms with Crippen molar-refractivity contribution in [1.82, 2.24) is 0 Å². The highest BCUT2D eigenvalue weighted by Crippen LogP contribution is 2.33. The van der Waals surface area contributed by atoms with Crippen molar-refractivity contribution in [3.05, 3.63) is 64.7 Å². The SMILES string of the molecule is Cc1ccc(S(=O)(=O)C(C(=O)OC2CCCCC2)c2ccc(Cl)cc2)cc1. The lowest BCUT2D eigenvalue weighted by atomic mass is 9.98. The van der Waals surface area contributed by atoms with Gasteiger partial charge in [-0.3, -0.25) is 4.79 Å². The number of halogens is 1. The first-order valence-corrected chi connectivity index (χ1v) is 11.1. The molecule has 144 valence electrons. The van der Waals surface area contributed by atoms with E-state index in [-0.39, 0.29) is 11.0 Å². The summed E-state index contributed by atoms with van der Waals surface area (Å²) in [5.41, 5.74) is 1.31. The monoisotopic (exact) mass is 406 g/mol. The molecule has 1 unspecified atom stereocenters. The van der Waals surface area contributed by atoms with E-state index >= 15 is 0 Å². The van der Waals surface area contributed by atoms with Crippen LogP contribution in [0.2, 0.25) is 5.02 Å². The third-order valence-electron chi connectivity index (χ3n) is 4.88. The summed E-state index contributed by atoms with van der Waals surface area (Å²) in [6.45, 7) is 1.88. The van der Waals surface area contributed by atoms with Crippen LogP contribution in [0.15, 0.2) is 53.4 Å². The second kappa shape index (κ2) is 8.44. The maximum atomic E-state index is 13.3. The molecule has 1 aliphatic rings. The zero-order valence-electron chi connectivity index (χ0n) is 15.2. The normalized spacial score (nSPS) is 16.7. The second-order valence-corrected chi connectivity index (χ2v) is 9.46. The Morgan fingerprint density at radius 2 is 1.59 bits per heavy atom. The molecule has 0 N–H and O–H groups in total. The molecular weight excluding hydrogens is 384 g/mol. The standard InChI is InChI=1S/C21H23ClO4S/c1-15-7-13-19(14-8-15)27(24,25)20(16-9-11-17(22)12-10-16)21(23)26-18-5-3-2-4-6-18/h7-14,18,20H,2-6H2,1H3. The first-order chi connectivity index (χ1) is 12.9. The Morgan fingerprint density at radius 3 is 2.19 bits per heavy atom. The first-order valence-electron chi connectivity index (χ1n) is 9.14. The molecule has 0 spiro atoms. The average Bonchev–Trinajstić information content (AvgIpc) is 2.64. The van der Waals surface area contributed by atoms with Gasteiger partial charge in [-0.2, -0.15) is 0 Å². The van der Waals surface area contributed by atoms with Gasteiger partial charge in [-0.25, -0.2) is 8.42 Å². The fourth-order valence-electron chi connectivity index (χ4n) is 3.35. The fourth-order valence-corrected chi connectivity index (χ4v) is 5.09. The molecule has 1 atom stereocenters. The molecule has 3 rings (SSSR count). The Hall–Kier alpha value is -1.85. The number of esters is 1. The van der Waals surface area contributed by atoms with E-state index in [9.17, 15) is 13.2 Å². The number of benzene rings is 2. The third kappa shape index (κ3) is 4.71. The zero-order chi connectivity index (χ0) is 19.4. The summed E-state index contributed by atoms with van der Waals surface area (Å²) >= 11 is 5.93. The van der Waals surface area contributed by atoms with Gasteiger partial charge in [0.1, 0.15) is 6.10 Å². The molecule has 2 aromatic carbocycles. The van der Waals surface area contributed by atoms with Gasteiger partial charge in [0.05, 0.1) is 4.90 Å². The minimum absolute atomic E-state index is 0.105. The molecular formula is C21H23ClO4S. The molecule has 27 heavy (non-hydrogen) atoms. The van der Waals surface area contributed by atoms with Gasteiger partial charge < -0.3 is 4.74 Å². The summed E-state index contributed by atoms with van der Waals surface area (Å²) in [7, 11) is -3.95. The van der Waals surface area contributed by atoms with E-state index < -0.39 is 21.1 Å². The lowest BCUT2D eigenvalue weighted by Crippen LogP contribution is -2.29. The van der Waals surface area contributed by atoms with Gasteiger partial charge in [-0.05, 0) is 62.4 Å². The highest BCUT2D eigenvalue weighted by atomic mass is 35.5. The van der Waals surface area contributed by atoms with Crippen LogP contribution in [-0.4, -0.2) is 20.5 Å². The molecule has 0 aromatic heterocycles. The molecule has 0 aliphatic heterocycles. The van der Waals surface area contributed by atoms with Crippen LogP contribution in [0.3, 0.4) is 0 Å². The summed E-state index contributed by atoms with van der Waals surface area (Å²) in [5, 5.41) is -0.926. The first kappa shape index (κ1) is 19.9. The Kier molecular flexibility index (Phi) is 6.22. The predicted molar refractivity (Wildman–Crippen MR) is 106 cm³/mol. The number of hydrogen-bond acceptors (Lipinski definition) is 4. The molecule has 0 amide bonds. The predicted octanol–water partition coefficient (Wildman–Crippen LogP) is 5.04. The number of carbonyl (C=O) groups is 1. The largest absolute Gasteiger partial charge is 0.461 e. The van der Waals surface area contributed by atoms with Crippen molar-refractivity contribution in [2.24, 2.45) is 0 Å². The van der Waals surface area contributed by atoms with Gasteiger partial charge in [0.2, 0.25) is 0 Å². The van der Waals surface area contributed by atoms with Gasteiger partial charge in [-0.15, -0.1) is 0 Å². The van der Waals surface area contributed by atoms with Gasteiger partial charge in [0, 0.05) is 5.02 Å². The van der Waals surface area contributed by atoms with Crippen LogP contribution in [0.25, 0.3) is 0 Å². The summed E-state index contributed by atoms with van der Waals surface area (Å²) in [4.78, 5) is 13.1. The maximum absolute atomic E-state index is 13.3. The van der Waals surface area contributed by atoms with Crippen molar-refractivity contribution in [2.45, 2.75) is 55.3 Å². The van der Waals surface area contributed by atoms with Gasteiger partial charge in [0.25, 0.3) is 0 Å². The van der Waals surface area contributed by atoms with E-state index in [1.165, 1.54) is 12.1 Å². The molecule has 0 heterocycles. The highest BCUT2D eigenvalue weighted by Gasteiger charge is 2.38. The number of ether oxygens (including phenoxy) is 1. The molecule has 0 radical (unpaired) electrons. The van der Waals surface area contributed by atoms with Crippen molar-refractivity contribution < 1.29 is 17.9 Å². The van der Waals surface area contributed by atoms with E-state index in [1.807, 2.05) is 6.92 Å². The van der Waals surface area contributed by atoms with Crippen LogP contribution in [0, 0.1) is 6.92 Å². The van der Waals surface area contributed by atoms with E-state index in [1.54, 1.807) is 36.4 Å². The maximum Gasteiger partial charge on any atom is 0.329 e. The number of sulfone groups is 1. The van der Waals surface area contributed by atoms with Gasteiger partial charge in [-0.1, -0.05) is 47.9 Å². The second-order valence-electron chi connectivity index (χ2n) is 6.99. The Bertz CT molecular complexity index is 883. The lowest BCUT2D eigenvalue weighted by molar-refractivity contribution is -0.150. The van der Waals surface area contributed by atoms with Crippen molar-refractivity contribution in [2.75, 3.05) is 0 Å². The van der Waals surface area contributed by atoms with Crippen molar-refractivity contribution >= 4 is 27.4 Å². The van der Waals surface area contributed by atoms with Crippen LogP contribution in [0.4, 0.5) is 0 Å². The van der Waals surface area contributed by atoms with Crippen molar-refractivity contribution in [3.63, 3.8) is 0 Å². The van der Waals surface area contributed by atoms with Crippen molar-refractivity contribution in [1.29, 1.82) is 0 Å². The van der Waals surface area contributed by atoms with Crippen LogP contribution in [0.1, 0.15) is 48.5 Å². The summed E-state index contributed by atoms with van der Waals surface area (Å²) in [5.74, 6) is -0.718. The van der Waals surface area contributed by atoms with E-state index in [0.717, 1.165) is 37.7 Å². The lowest BCUT2D eigenvalue weighted by Gasteiger charge is -2.25. The van der Waals surface area contributed by atoms with Crippen molar-refractivity contribution in [3.8, 4) is 0 Å². The third-order valence-corrected chi connectivity index (χ3v) is 7.15. The van der Waals surface area contributed by atoms with Crippen LogP contribution in [-0.2, 0) is 19.4 Å². The topological polar surface area (TPSA) is 60.4 Å². The molecule has 0 saturated heterocycles. The smallest absolute Gasteiger partial charge is 0.329 e. The number of rotatable bonds is 5. The molecule has 4 nitrogen and oxygen atoms in total. The number of carbonyl (C=O) groups excluding carboxylic acids is 1. The van der Waals surface area contributed by atoms with Gasteiger partial charge >= 0.3 is 5.97 Å². The van der Waals surface area contributed by atoms with E-state index in [2.05, 4.69) is 0 Å². The summed E-state index contributed by atoms with van der Waals surface area (Å²) in [6, 6.07) is 12.8. The zero-order valence-corrected chi connectivity index (χ0v) is 16.8. The average molecular weight is 407 g/mol. The van der Waals surface area contributed by atoms with Crippen LogP contribution in [0.5, 0.6) is 0 Å². The minimum Gasteiger partial charge on any atom is -0.461 e. The minimum atomic E-state index is -3.95. The molecule has 1 aliphatic carbocycles. The molecule has 6 heteroatoms. The van der Waals surface area contributed by atoms with Gasteiger partial charge in [0.15, 0.2) is 15.1 Å². The quantitative estimate of drug-likeness (QED) is 0.652. The van der Waals surface area contributed by atoms with Crippen LogP contribution < -0.4 is 0 Å². The molecule has 1 fully saturated rings. The summed E-state index contributed by atoms with van der Waals surface area (Å²) < 4.78 is 32.2. The fraction of sp³-hybridized carbons (Fsp3) is 0.381. The van der Waals surface area contributed by atoms with Crippen LogP contribution >= 0.6 is 11.6 Å². The molecule has 1 saturated carbocycles. The van der Waals surface area contributed by atoms with E-state index in [4.69, 9.17) is 16.3 Å². The Labute approximate surface area is 165 Å². The molecule has 0 bridgehead atoms. The number of hydrogen-bond donors (Lipinski definition) is 0. The Balaban J connectivity index is 1.97. The summed E-state index contributed by atoms with van der Waals surface area (Å²) in [6.07, 6.45) is 4.46. The Morgan fingerprint density at radius 1 is 1.00 bits per heavy atom.